The fraction of sp³-hybridized carbons (Fsp3) is 0.280. The number of aliphatic hydroxyl groups is 1. The zero-order chi connectivity index (χ0) is 24.4. The Morgan fingerprint density at radius 3 is 2.71 bits per heavy atom. The molecule has 0 aliphatic carbocycles. The number of fused-ring (bicyclic) bond motifs is 1. The van der Waals surface area contributed by atoms with E-state index in [9.17, 15) is 14.7 Å². The van der Waals surface area contributed by atoms with Gasteiger partial charge < -0.3 is 28.6 Å². The molecule has 1 aromatic heterocycles. The fourth-order valence-corrected chi connectivity index (χ4v) is 4.29. The number of amides is 1. The van der Waals surface area contributed by atoms with Crippen LogP contribution in [0.5, 0.6) is 11.5 Å². The summed E-state index contributed by atoms with van der Waals surface area (Å²) in [6.07, 6.45) is 0. The van der Waals surface area contributed by atoms with Crippen molar-refractivity contribution in [3.63, 3.8) is 0 Å². The number of rotatable bonds is 9. The van der Waals surface area contributed by atoms with Crippen LogP contribution in [-0.4, -0.2) is 55.7 Å². The molecule has 2 aromatic carbocycles. The Hall–Kier alpha value is -3.49. The van der Waals surface area contributed by atoms with Crippen molar-refractivity contribution in [1.29, 1.82) is 0 Å². The maximum absolute atomic E-state index is 13.6. The lowest BCUT2D eigenvalue weighted by Crippen LogP contribution is -2.34. The summed E-state index contributed by atoms with van der Waals surface area (Å²) in [5.41, 5.74) is 0.865. The summed E-state index contributed by atoms with van der Waals surface area (Å²) in [4.78, 5) is 28.0. The predicted molar refractivity (Wildman–Crippen MR) is 126 cm³/mol. The molecule has 1 atom stereocenters. The number of hydrogen-bond acceptors (Lipinski definition) is 7. The predicted octanol–water partition coefficient (Wildman–Crippen LogP) is 4.72. The molecule has 1 aliphatic heterocycles. The topological polar surface area (TPSA) is 98.4 Å². The smallest absolute Gasteiger partial charge is 0.290 e. The van der Waals surface area contributed by atoms with E-state index < -0.39 is 23.5 Å². The maximum Gasteiger partial charge on any atom is 0.290 e. The van der Waals surface area contributed by atoms with E-state index >= 15 is 0 Å². The minimum atomic E-state index is -0.853. The molecule has 1 aliphatic rings. The molecule has 0 saturated carbocycles. The third-order valence-corrected chi connectivity index (χ3v) is 5.78. The second kappa shape index (κ2) is 9.79. The van der Waals surface area contributed by atoms with Crippen LogP contribution in [0.25, 0.3) is 11.0 Å². The largest absolute Gasteiger partial charge is 0.503 e. The molecule has 1 amide bonds. The van der Waals surface area contributed by atoms with Gasteiger partial charge in [-0.1, -0.05) is 23.7 Å². The molecule has 4 rings (SSSR count). The molecule has 0 fully saturated rings. The highest BCUT2D eigenvalue weighted by atomic mass is 35.5. The molecule has 1 N–H and O–H groups in total. The molecule has 0 bridgehead atoms. The number of ether oxygens (including phenoxy) is 3. The third kappa shape index (κ3) is 4.22. The van der Waals surface area contributed by atoms with Gasteiger partial charge in [0.25, 0.3) is 5.91 Å². The first-order valence-corrected chi connectivity index (χ1v) is 11.0. The molecule has 3 aromatic rings. The highest BCUT2D eigenvalue weighted by Crippen LogP contribution is 2.41. The minimum Gasteiger partial charge on any atom is -0.503 e. The lowest BCUT2D eigenvalue weighted by molar-refractivity contribution is -0.130. The van der Waals surface area contributed by atoms with Crippen LogP contribution < -0.4 is 9.47 Å². The third-order valence-electron chi connectivity index (χ3n) is 5.56. The molecule has 9 heteroatoms. The van der Waals surface area contributed by atoms with Crippen LogP contribution in [0.4, 0.5) is 0 Å². The Labute approximate surface area is 201 Å². The van der Waals surface area contributed by atoms with Crippen molar-refractivity contribution < 1.29 is 33.3 Å². The van der Waals surface area contributed by atoms with Crippen molar-refractivity contribution in [2.24, 2.45) is 0 Å². The van der Waals surface area contributed by atoms with E-state index in [1.807, 2.05) is 6.92 Å². The summed E-state index contributed by atoms with van der Waals surface area (Å²) in [5, 5.41) is 11.8. The Bertz CT molecular complexity index is 1280. The van der Waals surface area contributed by atoms with Gasteiger partial charge in [0.2, 0.25) is 5.78 Å². The first kappa shape index (κ1) is 23.7. The van der Waals surface area contributed by atoms with E-state index in [1.54, 1.807) is 36.4 Å². The Morgan fingerprint density at radius 1 is 1.21 bits per heavy atom. The number of carbonyl (C=O) groups is 2. The number of hydrogen-bond donors (Lipinski definition) is 1. The average Bonchev–Trinajstić information content (AvgIpc) is 3.36. The lowest BCUT2D eigenvalue weighted by atomic mass is 9.95. The summed E-state index contributed by atoms with van der Waals surface area (Å²) >= 11 is 6.14. The molecule has 0 spiro atoms. The standard InChI is InChI=1S/C25H24ClNO7/c1-4-33-17-7-5-6-14(11-17)21-20(23(29)25(30)27(21)8-9-31-2)22(28)18-12-15-10-16(26)13-19(32-3)24(15)34-18/h5-7,10-13,21,29H,4,8-9H2,1-3H3. The molecule has 0 radical (unpaired) electrons. The van der Waals surface area contributed by atoms with Crippen molar-refractivity contribution in [2.75, 3.05) is 34.0 Å². The Morgan fingerprint density at radius 2 is 2.00 bits per heavy atom. The number of furan rings is 1. The highest BCUT2D eigenvalue weighted by molar-refractivity contribution is 6.31. The van der Waals surface area contributed by atoms with Crippen LogP contribution in [0.1, 0.15) is 29.1 Å². The van der Waals surface area contributed by atoms with Gasteiger partial charge in [-0.2, -0.15) is 0 Å². The van der Waals surface area contributed by atoms with E-state index in [4.69, 9.17) is 30.2 Å². The number of carbonyl (C=O) groups excluding carboxylic acids is 2. The van der Waals surface area contributed by atoms with Crippen molar-refractivity contribution in [2.45, 2.75) is 13.0 Å². The zero-order valence-corrected chi connectivity index (χ0v) is 19.7. The Kier molecular flexibility index (Phi) is 6.81. The van der Waals surface area contributed by atoms with Gasteiger partial charge in [0.05, 0.1) is 31.9 Å². The second-order valence-corrected chi connectivity index (χ2v) is 8.06. The minimum absolute atomic E-state index is 0.0514. The first-order valence-electron chi connectivity index (χ1n) is 10.7. The van der Waals surface area contributed by atoms with Crippen LogP contribution in [0.3, 0.4) is 0 Å². The van der Waals surface area contributed by atoms with E-state index in [-0.39, 0.29) is 24.5 Å². The second-order valence-electron chi connectivity index (χ2n) is 7.63. The summed E-state index contributed by atoms with van der Waals surface area (Å²) in [5.74, 6) is -1.01. The van der Waals surface area contributed by atoms with Gasteiger partial charge in [0.1, 0.15) is 5.75 Å². The zero-order valence-electron chi connectivity index (χ0n) is 19.0. The molecule has 1 unspecified atom stereocenters. The van der Waals surface area contributed by atoms with Crippen molar-refractivity contribution >= 4 is 34.3 Å². The molecular formula is C25H24ClNO7. The van der Waals surface area contributed by atoms with Gasteiger partial charge in [-0.15, -0.1) is 0 Å². The SMILES string of the molecule is CCOc1cccc(C2C(C(=O)c3cc4cc(Cl)cc(OC)c4o3)=C(O)C(=O)N2CCOC)c1. The number of aliphatic hydroxyl groups excluding tert-OH is 1. The Balaban J connectivity index is 1.82. The number of halogens is 1. The molecule has 0 saturated heterocycles. The van der Waals surface area contributed by atoms with Crippen LogP contribution in [0.15, 0.2) is 58.2 Å². The molecule has 2 heterocycles. The number of Topliss-reactive ketones (excluding diaryl/α,β-unsaturated/α-hetero) is 1. The van der Waals surface area contributed by atoms with Crippen LogP contribution in [0.2, 0.25) is 5.02 Å². The van der Waals surface area contributed by atoms with E-state index in [0.29, 0.717) is 39.7 Å². The van der Waals surface area contributed by atoms with Gasteiger partial charge in [-0.05, 0) is 36.8 Å². The van der Waals surface area contributed by atoms with Crippen molar-refractivity contribution in [3.05, 3.63) is 70.1 Å². The molecular weight excluding hydrogens is 462 g/mol. The van der Waals surface area contributed by atoms with Crippen LogP contribution >= 0.6 is 11.6 Å². The van der Waals surface area contributed by atoms with E-state index in [0.717, 1.165) is 0 Å². The molecule has 8 nitrogen and oxygen atoms in total. The summed E-state index contributed by atoms with van der Waals surface area (Å²) in [6.45, 7) is 2.71. The van der Waals surface area contributed by atoms with Gasteiger partial charge in [0.15, 0.2) is 22.9 Å². The van der Waals surface area contributed by atoms with Gasteiger partial charge in [0, 0.05) is 30.1 Å². The quantitative estimate of drug-likeness (QED) is 0.438. The van der Waals surface area contributed by atoms with Crippen LogP contribution in [-0.2, 0) is 9.53 Å². The van der Waals surface area contributed by atoms with Gasteiger partial charge >= 0.3 is 0 Å². The lowest BCUT2D eigenvalue weighted by Gasteiger charge is -2.26. The molecule has 34 heavy (non-hydrogen) atoms. The number of nitrogens with zero attached hydrogens (tertiary/aromatic N) is 1. The molecule has 178 valence electrons. The summed E-state index contributed by atoms with van der Waals surface area (Å²) < 4.78 is 21.9. The van der Waals surface area contributed by atoms with Gasteiger partial charge in [-0.3, -0.25) is 9.59 Å². The normalized spacial score (nSPS) is 15.9. The highest BCUT2D eigenvalue weighted by Gasteiger charge is 2.44. The number of methoxy groups -OCH3 is 2. The van der Waals surface area contributed by atoms with Gasteiger partial charge in [-0.25, -0.2) is 0 Å². The monoisotopic (exact) mass is 485 g/mol. The average molecular weight is 486 g/mol. The van der Waals surface area contributed by atoms with Crippen LogP contribution in [0, 0.1) is 0 Å². The first-order chi connectivity index (χ1) is 16.4. The number of ketones is 1. The van der Waals surface area contributed by atoms with E-state index in [1.165, 1.54) is 25.2 Å². The summed E-state index contributed by atoms with van der Waals surface area (Å²) in [7, 11) is 2.98. The van der Waals surface area contributed by atoms with E-state index in [2.05, 4.69) is 0 Å². The van der Waals surface area contributed by atoms with Crippen molar-refractivity contribution in [3.8, 4) is 11.5 Å². The fourth-order valence-electron chi connectivity index (χ4n) is 4.08. The van der Waals surface area contributed by atoms with Crippen molar-refractivity contribution in [1.82, 2.24) is 4.90 Å². The number of benzene rings is 2. The summed E-state index contributed by atoms with van der Waals surface area (Å²) in [6, 6.07) is 10.9. The maximum atomic E-state index is 13.6.